The number of ether oxygens (including phenoxy) is 1. The molecule has 0 fully saturated rings. The summed E-state index contributed by atoms with van der Waals surface area (Å²) in [5, 5.41) is 2.70. The van der Waals surface area contributed by atoms with Crippen molar-refractivity contribution >= 4 is 11.7 Å². The minimum Gasteiger partial charge on any atom is -0.484 e. The minimum atomic E-state index is -0.463. The second-order valence-electron chi connectivity index (χ2n) is 6.27. The smallest absolute Gasteiger partial charge is 0.258 e. The van der Waals surface area contributed by atoms with Gasteiger partial charge in [0.2, 0.25) is 0 Å². The molecule has 0 aromatic heterocycles. The van der Waals surface area contributed by atoms with E-state index in [4.69, 9.17) is 10.5 Å². The van der Waals surface area contributed by atoms with Crippen LogP contribution in [0.15, 0.2) is 54.6 Å². The van der Waals surface area contributed by atoms with E-state index in [9.17, 15) is 9.59 Å². The Labute approximate surface area is 141 Å². The molecule has 3 N–H and O–H groups in total. The van der Waals surface area contributed by atoms with Gasteiger partial charge in [0, 0.05) is 23.2 Å². The van der Waals surface area contributed by atoms with E-state index in [0.29, 0.717) is 23.4 Å². The van der Waals surface area contributed by atoms with Crippen LogP contribution in [0.2, 0.25) is 0 Å². The second kappa shape index (κ2) is 7.75. The van der Waals surface area contributed by atoms with Crippen molar-refractivity contribution in [1.82, 2.24) is 5.32 Å². The van der Waals surface area contributed by atoms with Crippen LogP contribution in [-0.2, 0) is 4.79 Å². The van der Waals surface area contributed by atoms with Gasteiger partial charge in [-0.3, -0.25) is 9.59 Å². The summed E-state index contributed by atoms with van der Waals surface area (Å²) in [7, 11) is 0. The summed E-state index contributed by atoms with van der Waals surface area (Å²) in [6.45, 7) is 3.94. The zero-order chi connectivity index (χ0) is 17.6. The van der Waals surface area contributed by atoms with E-state index in [0.717, 1.165) is 0 Å². The Hall–Kier alpha value is -2.66. The van der Waals surface area contributed by atoms with Crippen molar-refractivity contribution in [3.63, 3.8) is 0 Å². The van der Waals surface area contributed by atoms with Crippen molar-refractivity contribution < 1.29 is 14.3 Å². The van der Waals surface area contributed by atoms with Gasteiger partial charge in [0.05, 0.1) is 0 Å². The summed E-state index contributed by atoms with van der Waals surface area (Å²) in [5.41, 5.74) is 6.54. The van der Waals surface area contributed by atoms with Crippen molar-refractivity contribution in [2.75, 3.05) is 13.2 Å². The van der Waals surface area contributed by atoms with Crippen LogP contribution in [-0.4, -0.2) is 30.4 Å². The van der Waals surface area contributed by atoms with E-state index < -0.39 is 5.54 Å². The second-order valence-corrected chi connectivity index (χ2v) is 6.27. The molecule has 2 rings (SSSR count). The van der Waals surface area contributed by atoms with E-state index in [1.807, 2.05) is 32.0 Å². The predicted molar refractivity (Wildman–Crippen MR) is 93.1 cm³/mol. The molecule has 0 radical (unpaired) electrons. The molecule has 5 nitrogen and oxygen atoms in total. The van der Waals surface area contributed by atoms with Gasteiger partial charge in [0.15, 0.2) is 12.4 Å². The molecule has 0 unspecified atom stereocenters. The molecule has 0 aliphatic carbocycles. The predicted octanol–water partition coefficient (Wildman–Crippen LogP) is 2.15. The van der Waals surface area contributed by atoms with E-state index in [1.54, 1.807) is 36.4 Å². The van der Waals surface area contributed by atoms with E-state index >= 15 is 0 Å². The maximum atomic E-state index is 12.3. The van der Waals surface area contributed by atoms with Gasteiger partial charge >= 0.3 is 0 Å². The number of rotatable bonds is 7. The number of hydrogen-bond donors (Lipinski definition) is 2. The van der Waals surface area contributed by atoms with Crippen molar-refractivity contribution in [3.8, 4) is 5.75 Å². The van der Waals surface area contributed by atoms with Gasteiger partial charge in [0.25, 0.3) is 5.91 Å². The highest BCUT2D eigenvalue weighted by atomic mass is 16.5. The maximum Gasteiger partial charge on any atom is 0.258 e. The maximum absolute atomic E-state index is 12.3. The molecule has 24 heavy (non-hydrogen) atoms. The van der Waals surface area contributed by atoms with Crippen molar-refractivity contribution in [2.24, 2.45) is 5.73 Å². The largest absolute Gasteiger partial charge is 0.484 e. The lowest BCUT2D eigenvalue weighted by Crippen LogP contribution is -2.46. The van der Waals surface area contributed by atoms with Gasteiger partial charge in [-0.25, -0.2) is 0 Å². The normalized spacial score (nSPS) is 11.0. The first-order chi connectivity index (χ1) is 11.3. The molecule has 126 valence electrons. The van der Waals surface area contributed by atoms with Gasteiger partial charge in [0.1, 0.15) is 5.75 Å². The first kappa shape index (κ1) is 17.7. The van der Waals surface area contributed by atoms with Crippen LogP contribution in [0.1, 0.15) is 29.8 Å². The van der Waals surface area contributed by atoms with Crippen molar-refractivity contribution in [3.05, 3.63) is 65.7 Å². The summed E-state index contributed by atoms with van der Waals surface area (Å²) in [4.78, 5) is 24.0. The monoisotopic (exact) mass is 326 g/mol. The molecule has 2 aromatic rings. The average Bonchev–Trinajstić information content (AvgIpc) is 2.58. The molecular weight excluding hydrogens is 304 g/mol. The standard InChI is InChI=1S/C19H22N2O3/c1-19(2,20)13-21-17(22)12-24-16-10-8-15(9-11-16)18(23)14-6-4-3-5-7-14/h3-11H,12-13,20H2,1-2H3,(H,21,22). The fourth-order valence-electron chi connectivity index (χ4n) is 1.99. The van der Waals surface area contributed by atoms with Crippen LogP contribution in [0, 0.1) is 0 Å². The lowest BCUT2D eigenvalue weighted by molar-refractivity contribution is -0.123. The molecule has 5 heteroatoms. The molecule has 0 spiro atoms. The van der Waals surface area contributed by atoms with Gasteiger partial charge in [-0.1, -0.05) is 30.3 Å². The van der Waals surface area contributed by atoms with Crippen LogP contribution in [0.25, 0.3) is 0 Å². The fraction of sp³-hybridized carbons (Fsp3) is 0.263. The first-order valence-electron chi connectivity index (χ1n) is 7.73. The molecule has 2 aromatic carbocycles. The third kappa shape index (κ3) is 5.52. The lowest BCUT2D eigenvalue weighted by Gasteiger charge is -2.18. The molecule has 0 saturated carbocycles. The SMILES string of the molecule is CC(C)(N)CNC(=O)COc1ccc(C(=O)c2ccccc2)cc1. The first-order valence-corrected chi connectivity index (χ1v) is 7.73. The number of hydrogen-bond acceptors (Lipinski definition) is 4. The summed E-state index contributed by atoms with van der Waals surface area (Å²) in [5.74, 6) is 0.241. The summed E-state index contributed by atoms with van der Waals surface area (Å²) >= 11 is 0. The molecule has 0 aliphatic rings. The van der Waals surface area contributed by atoms with Crippen LogP contribution in [0.4, 0.5) is 0 Å². The van der Waals surface area contributed by atoms with E-state index in [-0.39, 0.29) is 18.3 Å². The Bertz CT molecular complexity index is 689. The Kier molecular flexibility index (Phi) is 5.71. The number of nitrogens with two attached hydrogens (primary N) is 1. The molecule has 0 atom stereocenters. The van der Waals surface area contributed by atoms with Crippen molar-refractivity contribution in [1.29, 1.82) is 0 Å². The number of benzene rings is 2. The highest BCUT2D eigenvalue weighted by Gasteiger charge is 2.13. The Morgan fingerprint density at radius 2 is 1.58 bits per heavy atom. The van der Waals surface area contributed by atoms with E-state index in [1.165, 1.54) is 0 Å². The number of nitrogens with one attached hydrogen (secondary N) is 1. The summed E-state index contributed by atoms with van der Waals surface area (Å²) in [6, 6.07) is 15.8. The number of amides is 1. The molecule has 0 heterocycles. The molecule has 0 bridgehead atoms. The van der Waals surface area contributed by atoms with Crippen LogP contribution in [0.5, 0.6) is 5.75 Å². The molecule has 0 saturated heterocycles. The fourth-order valence-corrected chi connectivity index (χ4v) is 1.99. The number of carbonyl (C=O) groups excluding carboxylic acids is 2. The van der Waals surface area contributed by atoms with E-state index in [2.05, 4.69) is 5.32 Å². The average molecular weight is 326 g/mol. The zero-order valence-electron chi connectivity index (χ0n) is 13.9. The highest BCUT2D eigenvalue weighted by Crippen LogP contribution is 2.15. The van der Waals surface area contributed by atoms with Crippen LogP contribution < -0.4 is 15.8 Å². The van der Waals surface area contributed by atoms with Gasteiger partial charge in [-0.2, -0.15) is 0 Å². The molecule has 0 aliphatic heterocycles. The van der Waals surface area contributed by atoms with Crippen molar-refractivity contribution in [2.45, 2.75) is 19.4 Å². The van der Waals surface area contributed by atoms with Gasteiger partial charge in [-0.05, 0) is 38.1 Å². The highest BCUT2D eigenvalue weighted by molar-refractivity contribution is 6.08. The van der Waals surface area contributed by atoms with Crippen LogP contribution >= 0.6 is 0 Å². The quantitative estimate of drug-likeness (QED) is 0.764. The van der Waals surface area contributed by atoms with Gasteiger partial charge < -0.3 is 15.8 Å². The Morgan fingerprint density at radius 3 is 2.17 bits per heavy atom. The summed E-state index contributed by atoms with van der Waals surface area (Å²) in [6.07, 6.45) is 0. The lowest BCUT2D eigenvalue weighted by atomic mass is 10.0. The molecule has 1 amide bonds. The molecular formula is C19H22N2O3. The zero-order valence-corrected chi connectivity index (χ0v) is 13.9. The Morgan fingerprint density at radius 1 is 1.00 bits per heavy atom. The van der Waals surface area contributed by atoms with Crippen LogP contribution in [0.3, 0.4) is 0 Å². The third-order valence-corrected chi connectivity index (χ3v) is 3.26. The topological polar surface area (TPSA) is 81.4 Å². The Balaban J connectivity index is 1.88. The number of carbonyl (C=O) groups is 2. The summed E-state index contributed by atoms with van der Waals surface area (Å²) < 4.78 is 5.41. The van der Waals surface area contributed by atoms with Gasteiger partial charge in [-0.15, -0.1) is 0 Å². The minimum absolute atomic E-state index is 0.0509. The number of ketones is 1. The third-order valence-electron chi connectivity index (χ3n) is 3.26.